The molecule has 0 aliphatic heterocycles. The normalized spacial score (nSPS) is 10.9. The number of pyridine rings is 1. The van der Waals surface area contributed by atoms with E-state index in [0.717, 1.165) is 16.6 Å². The summed E-state index contributed by atoms with van der Waals surface area (Å²) in [6, 6.07) is 5.57. The molecule has 0 spiro atoms. The van der Waals surface area contributed by atoms with Crippen molar-refractivity contribution in [2.24, 2.45) is 0 Å². The van der Waals surface area contributed by atoms with Crippen LogP contribution in [0.25, 0.3) is 10.9 Å². The van der Waals surface area contributed by atoms with Crippen LogP contribution in [0.3, 0.4) is 0 Å². The monoisotopic (exact) mass is 253 g/mol. The molecule has 2 rings (SSSR count). The van der Waals surface area contributed by atoms with Crippen molar-refractivity contribution in [3.05, 3.63) is 39.7 Å². The minimum atomic E-state index is -0.283. The van der Waals surface area contributed by atoms with E-state index < -0.39 is 0 Å². The number of nitrogens with zero attached hydrogens (tertiary/aromatic N) is 1. The lowest BCUT2D eigenvalue weighted by molar-refractivity contribution is 0.629. The first-order valence-corrected chi connectivity index (χ1v) is 5.11. The van der Waals surface area contributed by atoms with Crippen molar-refractivity contribution >= 4 is 26.8 Å². The number of rotatable bonds is 0. The third-order valence-electron chi connectivity index (χ3n) is 2.22. The van der Waals surface area contributed by atoms with E-state index in [9.17, 15) is 4.39 Å². The van der Waals surface area contributed by atoms with Crippen LogP contribution in [0.1, 0.15) is 11.3 Å². The van der Waals surface area contributed by atoms with Gasteiger partial charge in [-0.25, -0.2) is 9.37 Å². The van der Waals surface area contributed by atoms with Crippen LogP contribution in [-0.2, 0) is 0 Å². The molecule has 1 aromatic carbocycles. The van der Waals surface area contributed by atoms with Gasteiger partial charge in [0.05, 0.1) is 4.47 Å². The summed E-state index contributed by atoms with van der Waals surface area (Å²) in [4.78, 5) is 4.19. The fraction of sp³-hybridized carbons (Fsp3) is 0.182. The first-order valence-electron chi connectivity index (χ1n) is 4.31. The predicted molar refractivity (Wildman–Crippen MR) is 58.9 cm³/mol. The first-order chi connectivity index (χ1) is 6.59. The van der Waals surface area contributed by atoms with Gasteiger partial charge in [-0.05, 0) is 47.5 Å². The fourth-order valence-electron chi connectivity index (χ4n) is 1.49. The van der Waals surface area contributed by atoms with Gasteiger partial charge in [0.2, 0.25) is 0 Å². The van der Waals surface area contributed by atoms with Crippen LogP contribution >= 0.6 is 15.9 Å². The molecule has 0 saturated heterocycles. The topological polar surface area (TPSA) is 12.9 Å². The molecule has 1 nitrogen and oxygen atoms in total. The summed E-state index contributed by atoms with van der Waals surface area (Å²) in [6.07, 6.45) is 0. The maximum absolute atomic E-state index is 13.6. The third-order valence-corrected chi connectivity index (χ3v) is 2.80. The zero-order valence-corrected chi connectivity index (χ0v) is 9.52. The third kappa shape index (κ3) is 1.42. The molecule has 1 heterocycles. The predicted octanol–water partition coefficient (Wildman–Crippen LogP) is 3.75. The Morgan fingerprint density at radius 2 is 2.00 bits per heavy atom. The van der Waals surface area contributed by atoms with E-state index in [1.807, 2.05) is 26.0 Å². The Kier molecular flexibility index (Phi) is 2.27. The van der Waals surface area contributed by atoms with Gasteiger partial charge in [-0.1, -0.05) is 6.07 Å². The largest absolute Gasteiger partial charge is 0.250 e. The smallest absolute Gasteiger partial charge is 0.163 e. The molecule has 0 aliphatic carbocycles. The lowest BCUT2D eigenvalue weighted by Crippen LogP contribution is -1.91. The summed E-state index contributed by atoms with van der Waals surface area (Å²) in [5, 5.41) is 0.872. The van der Waals surface area contributed by atoms with Crippen LogP contribution in [0.5, 0.6) is 0 Å². The average Bonchev–Trinajstić information content (AvgIpc) is 2.14. The molecular formula is C11H9BrFN. The number of hydrogen-bond donors (Lipinski definition) is 0. The van der Waals surface area contributed by atoms with Gasteiger partial charge in [-0.3, -0.25) is 0 Å². The van der Waals surface area contributed by atoms with Crippen molar-refractivity contribution in [3.8, 4) is 0 Å². The molecule has 0 fully saturated rings. The summed E-state index contributed by atoms with van der Waals surface area (Å²) >= 11 is 3.18. The maximum Gasteiger partial charge on any atom is 0.163 e. The SMILES string of the molecule is Cc1ccc2c(C)cc(Br)c(F)c2n1. The second-order valence-corrected chi connectivity index (χ2v) is 4.19. The highest BCUT2D eigenvalue weighted by Crippen LogP contribution is 2.26. The standard InChI is InChI=1S/C11H9BrFN/c1-6-5-9(12)10(13)11-8(6)4-3-7(2)14-11/h3-5H,1-2H3. The molecule has 0 amide bonds. The average molecular weight is 254 g/mol. The highest BCUT2D eigenvalue weighted by Gasteiger charge is 2.09. The van der Waals surface area contributed by atoms with Crippen LogP contribution in [0.2, 0.25) is 0 Å². The molecular weight excluding hydrogens is 245 g/mol. The first kappa shape index (κ1) is 9.59. The van der Waals surface area contributed by atoms with Crippen molar-refractivity contribution in [1.82, 2.24) is 4.98 Å². The molecule has 2 aromatic rings. The molecule has 0 unspecified atom stereocenters. The molecule has 0 N–H and O–H groups in total. The summed E-state index contributed by atoms with van der Waals surface area (Å²) in [7, 11) is 0. The minimum Gasteiger partial charge on any atom is -0.250 e. The summed E-state index contributed by atoms with van der Waals surface area (Å²) in [5.41, 5.74) is 2.30. The van der Waals surface area contributed by atoms with E-state index in [2.05, 4.69) is 20.9 Å². The Bertz CT molecular complexity index is 508. The van der Waals surface area contributed by atoms with Gasteiger partial charge >= 0.3 is 0 Å². The maximum atomic E-state index is 13.6. The Morgan fingerprint density at radius 1 is 1.29 bits per heavy atom. The van der Waals surface area contributed by atoms with Crippen molar-refractivity contribution in [3.63, 3.8) is 0 Å². The van der Waals surface area contributed by atoms with Gasteiger partial charge in [0.25, 0.3) is 0 Å². The van der Waals surface area contributed by atoms with Gasteiger partial charge < -0.3 is 0 Å². The molecule has 3 heteroatoms. The zero-order chi connectivity index (χ0) is 10.3. The lowest BCUT2D eigenvalue weighted by Gasteiger charge is -2.05. The molecule has 1 aromatic heterocycles. The summed E-state index contributed by atoms with van der Waals surface area (Å²) < 4.78 is 14.1. The van der Waals surface area contributed by atoms with E-state index >= 15 is 0 Å². The van der Waals surface area contributed by atoms with Gasteiger partial charge in [0.1, 0.15) is 5.52 Å². The molecule has 72 valence electrons. The van der Waals surface area contributed by atoms with E-state index in [1.54, 1.807) is 6.07 Å². The number of benzene rings is 1. The van der Waals surface area contributed by atoms with Gasteiger partial charge in [-0.2, -0.15) is 0 Å². The van der Waals surface area contributed by atoms with Crippen molar-refractivity contribution in [2.75, 3.05) is 0 Å². The number of hydrogen-bond acceptors (Lipinski definition) is 1. The van der Waals surface area contributed by atoms with Crippen molar-refractivity contribution in [2.45, 2.75) is 13.8 Å². The number of fused-ring (bicyclic) bond motifs is 1. The lowest BCUT2D eigenvalue weighted by atomic mass is 10.1. The van der Waals surface area contributed by atoms with Crippen LogP contribution in [0, 0.1) is 19.7 Å². The zero-order valence-electron chi connectivity index (χ0n) is 7.94. The van der Waals surface area contributed by atoms with Crippen LogP contribution in [-0.4, -0.2) is 4.98 Å². The number of halogens is 2. The second kappa shape index (κ2) is 3.31. The van der Waals surface area contributed by atoms with Crippen LogP contribution < -0.4 is 0 Å². The Balaban J connectivity index is 2.95. The summed E-state index contributed by atoms with van der Waals surface area (Å²) in [6.45, 7) is 3.80. The minimum absolute atomic E-state index is 0.283. The second-order valence-electron chi connectivity index (χ2n) is 3.34. The molecule has 14 heavy (non-hydrogen) atoms. The van der Waals surface area contributed by atoms with Crippen LogP contribution in [0.4, 0.5) is 4.39 Å². The molecule has 0 saturated carbocycles. The molecule has 0 atom stereocenters. The quantitative estimate of drug-likeness (QED) is 0.697. The van der Waals surface area contributed by atoms with E-state index in [1.165, 1.54) is 0 Å². The van der Waals surface area contributed by atoms with Gasteiger partial charge in [0.15, 0.2) is 5.82 Å². The van der Waals surface area contributed by atoms with E-state index in [-0.39, 0.29) is 5.82 Å². The Labute approximate surface area is 90.1 Å². The highest BCUT2D eigenvalue weighted by molar-refractivity contribution is 9.10. The molecule has 0 radical (unpaired) electrons. The molecule has 0 aliphatic rings. The fourth-order valence-corrected chi connectivity index (χ4v) is 2.02. The molecule has 0 bridgehead atoms. The Morgan fingerprint density at radius 3 is 2.71 bits per heavy atom. The van der Waals surface area contributed by atoms with Gasteiger partial charge in [-0.15, -0.1) is 0 Å². The van der Waals surface area contributed by atoms with Gasteiger partial charge in [0, 0.05) is 11.1 Å². The van der Waals surface area contributed by atoms with E-state index in [4.69, 9.17) is 0 Å². The van der Waals surface area contributed by atoms with Crippen LogP contribution in [0.15, 0.2) is 22.7 Å². The number of aromatic nitrogens is 1. The highest BCUT2D eigenvalue weighted by atomic mass is 79.9. The van der Waals surface area contributed by atoms with E-state index in [0.29, 0.717) is 9.99 Å². The number of aryl methyl sites for hydroxylation is 2. The Hall–Kier alpha value is -0.960. The summed E-state index contributed by atoms with van der Waals surface area (Å²) in [5.74, 6) is -0.283. The van der Waals surface area contributed by atoms with Crippen molar-refractivity contribution < 1.29 is 4.39 Å². The van der Waals surface area contributed by atoms with Crippen molar-refractivity contribution in [1.29, 1.82) is 0 Å².